The van der Waals surface area contributed by atoms with Crippen molar-refractivity contribution in [1.29, 1.82) is 0 Å². The summed E-state index contributed by atoms with van der Waals surface area (Å²) in [6.07, 6.45) is 1.44. The molecule has 1 aromatic carbocycles. The first kappa shape index (κ1) is 12.8. The number of ether oxygens (including phenoxy) is 1. The molecule has 5 nitrogen and oxygen atoms in total. The van der Waals surface area contributed by atoms with Crippen molar-refractivity contribution >= 4 is 10.8 Å². The Morgan fingerprint density at radius 2 is 2.17 bits per heavy atom. The van der Waals surface area contributed by atoms with Crippen LogP contribution in [0.1, 0.15) is 19.4 Å². The summed E-state index contributed by atoms with van der Waals surface area (Å²) in [5.74, 6) is 1.12. The van der Waals surface area contributed by atoms with Crippen molar-refractivity contribution in [1.82, 2.24) is 15.2 Å². The summed E-state index contributed by atoms with van der Waals surface area (Å²) in [5.41, 5.74) is 0.904. The molecule has 0 amide bonds. The fourth-order valence-electron chi connectivity index (χ4n) is 1.51. The summed E-state index contributed by atoms with van der Waals surface area (Å²) in [7, 11) is -1.24. The van der Waals surface area contributed by atoms with Crippen LogP contribution in [0.5, 0.6) is 5.75 Å². The number of hydrogen-bond acceptors (Lipinski definition) is 4. The van der Waals surface area contributed by atoms with E-state index in [1.54, 1.807) is 0 Å². The van der Waals surface area contributed by atoms with E-state index in [1.807, 2.05) is 38.1 Å². The van der Waals surface area contributed by atoms with E-state index >= 15 is 0 Å². The maximum absolute atomic E-state index is 12.0. The largest absolute Gasteiger partial charge is 0.491 e. The van der Waals surface area contributed by atoms with Gasteiger partial charge in [0.1, 0.15) is 12.1 Å². The molecular weight excluding hydrogens is 250 g/mol. The first-order chi connectivity index (χ1) is 8.66. The van der Waals surface area contributed by atoms with Crippen molar-refractivity contribution in [3.8, 4) is 5.75 Å². The standard InChI is InChI=1S/C12H15N3O2S/c1-9(2)17-11-6-4-3-5-10(11)7-18(16)12-13-8-14-15-12/h3-6,8-9H,7H2,1-2H3,(H,13,14,15)/t18-/m1/s1. The van der Waals surface area contributed by atoms with Crippen LogP contribution >= 0.6 is 0 Å². The zero-order chi connectivity index (χ0) is 13.0. The molecule has 0 spiro atoms. The van der Waals surface area contributed by atoms with Gasteiger partial charge >= 0.3 is 0 Å². The van der Waals surface area contributed by atoms with Gasteiger partial charge < -0.3 is 4.74 Å². The second-order valence-electron chi connectivity index (χ2n) is 4.05. The lowest BCUT2D eigenvalue weighted by molar-refractivity contribution is 0.240. The molecular formula is C12H15N3O2S. The highest BCUT2D eigenvalue weighted by Crippen LogP contribution is 2.21. The molecule has 0 radical (unpaired) electrons. The van der Waals surface area contributed by atoms with Gasteiger partial charge in [0.25, 0.3) is 0 Å². The van der Waals surface area contributed by atoms with Crippen LogP contribution in [0.2, 0.25) is 0 Å². The van der Waals surface area contributed by atoms with Crippen LogP contribution in [0.4, 0.5) is 0 Å². The molecule has 0 saturated carbocycles. The van der Waals surface area contributed by atoms with Gasteiger partial charge in [0.15, 0.2) is 0 Å². The van der Waals surface area contributed by atoms with Crippen molar-refractivity contribution in [3.63, 3.8) is 0 Å². The van der Waals surface area contributed by atoms with Gasteiger partial charge in [0.2, 0.25) is 5.16 Å². The molecule has 2 aromatic rings. The molecule has 1 aromatic heterocycles. The summed E-state index contributed by atoms with van der Waals surface area (Å²) in [6, 6.07) is 7.59. The fraction of sp³-hybridized carbons (Fsp3) is 0.333. The molecule has 0 saturated heterocycles. The number of benzene rings is 1. The van der Waals surface area contributed by atoms with Gasteiger partial charge in [-0.3, -0.25) is 9.31 Å². The van der Waals surface area contributed by atoms with E-state index in [1.165, 1.54) is 6.33 Å². The third-order valence-corrected chi connectivity index (χ3v) is 3.43. The molecule has 0 aliphatic carbocycles. The van der Waals surface area contributed by atoms with Crippen LogP contribution in [0.3, 0.4) is 0 Å². The van der Waals surface area contributed by atoms with Gasteiger partial charge in [0, 0.05) is 5.56 Å². The Hall–Kier alpha value is -1.69. The maximum Gasteiger partial charge on any atom is 0.214 e. The average Bonchev–Trinajstić information content (AvgIpc) is 2.84. The van der Waals surface area contributed by atoms with Crippen LogP contribution in [0, 0.1) is 0 Å². The van der Waals surface area contributed by atoms with Gasteiger partial charge in [-0.25, -0.2) is 4.98 Å². The molecule has 0 aliphatic heterocycles. The number of nitrogens with one attached hydrogen (secondary N) is 1. The molecule has 6 heteroatoms. The Kier molecular flexibility index (Phi) is 4.09. The fourth-order valence-corrected chi connectivity index (χ4v) is 2.48. The van der Waals surface area contributed by atoms with Crippen molar-refractivity contribution in [3.05, 3.63) is 36.2 Å². The molecule has 0 aliphatic rings. The lowest BCUT2D eigenvalue weighted by Gasteiger charge is -2.13. The third kappa shape index (κ3) is 3.16. The summed E-state index contributed by atoms with van der Waals surface area (Å²) in [4.78, 5) is 3.90. The van der Waals surface area contributed by atoms with Crippen molar-refractivity contribution in [2.75, 3.05) is 0 Å². The average molecular weight is 265 g/mol. The highest BCUT2D eigenvalue weighted by molar-refractivity contribution is 7.84. The number of para-hydroxylation sites is 1. The second-order valence-corrected chi connectivity index (χ2v) is 5.42. The number of aromatic nitrogens is 3. The number of hydrogen-bond donors (Lipinski definition) is 1. The summed E-state index contributed by atoms with van der Waals surface area (Å²) < 4.78 is 17.7. The molecule has 1 N–H and O–H groups in total. The minimum atomic E-state index is -1.24. The molecule has 2 rings (SSSR count). The predicted molar refractivity (Wildman–Crippen MR) is 68.7 cm³/mol. The molecule has 96 valence electrons. The van der Waals surface area contributed by atoms with Gasteiger partial charge in [-0.05, 0) is 19.9 Å². The normalized spacial score (nSPS) is 12.6. The quantitative estimate of drug-likeness (QED) is 0.896. The lowest BCUT2D eigenvalue weighted by atomic mass is 10.2. The Balaban J connectivity index is 2.16. The Morgan fingerprint density at radius 3 is 2.83 bits per heavy atom. The Morgan fingerprint density at radius 1 is 1.39 bits per heavy atom. The molecule has 18 heavy (non-hydrogen) atoms. The van der Waals surface area contributed by atoms with Crippen LogP contribution in [0.25, 0.3) is 0 Å². The maximum atomic E-state index is 12.0. The van der Waals surface area contributed by atoms with Gasteiger partial charge in [-0.2, -0.15) is 5.10 Å². The number of nitrogens with zero attached hydrogens (tertiary/aromatic N) is 2. The Bertz CT molecular complexity index is 526. The van der Waals surface area contributed by atoms with E-state index in [0.29, 0.717) is 10.9 Å². The smallest absolute Gasteiger partial charge is 0.214 e. The Labute approximate surface area is 108 Å². The number of rotatable bonds is 5. The minimum Gasteiger partial charge on any atom is -0.491 e. The van der Waals surface area contributed by atoms with E-state index < -0.39 is 10.8 Å². The lowest BCUT2D eigenvalue weighted by Crippen LogP contribution is -2.08. The van der Waals surface area contributed by atoms with Crippen LogP contribution in [-0.2, 0) is 16.6 Å². The molecule has 1 atom stereocenters. The number of aromatic amines is 1. The highest BCUT2D eigenvalue weighted by Gasteiger charge is 2.12. The highest BCUT2D eigenvalue weighted by atomic mass is 32.2. The van der Waals surface area contributed by atoms with E-state index in [0.717, 1.165) is 11.3 Å². The monoisotopic (exact) mass is 265 g/mol. The third-order valence-electron chi connectivity index (χ3n) is 2.23. The molecule has 0 unspecified atom stereocenters. The van der Waals surface area contributed by atoms with Gasteiger partial charge in [-0.1, -0.05) is 18.2 Å². The predicted octanol–water partition coefficient (Wildman–Crippen LogP) is 1.90. The van der Waals surface area contributed by atoms with Crippen LogP contribution in [-0.4, -0.2) is 25.5 Å². The summed E-state index contributed by atoms with van der Waals surface area (Å²) in [6.45, 7) is 3.92. The molecule has 1 heterocycles. The van der Waals surface area contributed by atoms with Crippen molar-refractivity contribution in [2.24, 2.45) is 0 Å². The van der Waals surface area contributed by atoms with E-state index in [-0.39, 0.29) is 6.10 Å². The zero-order valence-corrected chi connectivity index (χ0v) is 11.1. The first-order valence-corrected chi connectivity index (χ1v) is 6.97. The SMILES string of the molecule is CC(C)Oc1ccccc1C[S@@](=O)c1ncn[nH]1. The van der Waals surface area contributed by atoms with Crippen LogP contribution < -0.4 is 4.74 Å². The van der Waals surface area contributed by atoms with Gasteiger partial charge in [-0.15, -0.1) is 0 Å². The molecule has 0 fully saturated rings. The first-order valence-electron chi connectivity index (χ1n) is 5.65. The van der Waals surface area contributed by atoms with Crippen LogP contribution in [0.15, 0.2) is 35.7 Å². The number of H-pyrrole nitrogens is 1. The topological polar surface area (TPSA) is 67.9 Å². The van der Waals surface area contributed by atoms with E-state index in [4.69, 9.17) is 4.74 Å². The van der Waals surface area contributed by atoms with Crippen molar-refractivity contribution < 1.29 is 8.95 Å². The second kappa shape index (κ2) is 5.77. The summed E-state index contributed by atoms with van der Waals surface area (Å²) in [5, 5.41) is 6.69. The van der Waals surface area contributed by atoms with E-state index in [2.05, 4.69) is 15.2 Å². The molecule has 0 bridgehead atoms. The zero-order valence-electron chi connectivity index (χ0n) is 10.3. The summed E-state index contributed by atoms with van der Waals surface area (Å²) >= 11 is 0. The van der Waals surface area contributed by atoms with E-state index in [9.17, 15) is 4.21 Å². The van der Waals surface area contributed by atoms with Gasteiger partial charge in [0.05, 0.1) is 22.7 Å². The van der Waals surface area contributed by atoms with Crippen molar-refractivity contribution in [2.45, 2.75) is 30.9 Å². The minimum absolute atomic E-state index is 0.0878.